The van der Waals surface area contributed by atoms with Gasteiger partial charge in [0, 0.05) is 17.0 Å². The fraction of sp³-hybridized carbons (Fsp3) is 0.371. The quantitative estimate of drug-likeness (QED) is 0.165. The number of hydrogen-bond donors (Lipinski definition) is 2. The number of para-hydroxylation sites is 2. The van der Waals surface area contributed by atoms with Crippen LogP contribution < -0.4 is 20.3 Å². The first-order chi connectivity index (χ1) is 21.8. The summed E-state index contributed by atoms with van der Waals surface area (Å²) in [6, 6.07) is 17.9. The molecule has 0 saturated carbocycles. The van der Waals surface area contributed by atoms with Gasteiger partial charge in [-0.05, 0) is 106 Å². The van der Waals surface area contributed by atoms with E-state index in [0.717, 1.165) is 77.4 Å². The van der Waals surface area contributed by atoms with Gasteiger partial charge in [-0.2, -0.15) is 0 Å². The zero-order chi connectivity index (χ0) is 31.9. The van der Waals surface area contributed by atoms with E-state index in [9.17, 15) is 4.79 Å². The van der Waals surface area contributed by atoms with Gasteiger partial charge in [0.1, 0.15) is 19.0 Å². The minimum Gasteiger partial charge on any atom is -0.486 e. The van der Waals surface area contributed by atoms with Gasteiger partial charge in [-0.3, -0.25) is 9.78 Å². The summed E-state index contributed by atoms with van der Waals surface area (Å²) < 4.78 is 11.4. The highest BCUT2D eigenvalue weighted by atomic mass is 35.5. The number of fused-ring (bicyclic) bond motifs is 3. The van der Waals surface area contributed by atoms with Gasteiger partial charge in [0.25, 0.3) is 5.56 Å². The maximum absolute atomic E-state index is 11.4. The molecule has 2 N–H and O–H groups in total. The number of ether oxygens (including phenoxy) is 2. The Bertz CT molecular complexity index is 1840. The third kappa shape index (κ3) is 7.72. The largest absolute Gasteiger partial charge is 0.486 e. The van der Waals surface area contributed by atoms with Crippen LogP contribution in [0.4, 0.5) is 5.82 Å². The number of H-pyrrole nitrogens is 1. The maximum atomic E-state index is 11.4. The van der Waals surface area contributed by atoms with Crippen LogP contribution in [0, 0.1) is 13.8 Å². The molecule has 45 heavy (non-hydrogen) atoms. The molecule has 1 atom stereocenters. The number of halogens is 1. The summed E-state index contributed by atoms with van der Waals surface area (Å²) in [5.41, 5.74) is 4.46. The van der Waals surface area contributed by atoms with Crippen molar-refractivity contribution in [1.82, 2.24) is 24.8 Å². The monoisotopic (exact) mass is 628 g/mol. The number of hydrogen-bond acceptors (Lipinski definition) is 8. The summed E-state index contributed by atoms with van der Waals surface area (Å²) in [5.74, 6) is 3.11. The van der Waals surface area contributed by atoms with Crippen LogP contribution in [0.5, 0.6) is 11.5 Å². The van der Waals surface area contributed by atoms with Gasteiger partial charge in [0.15, 0.2) is 17.3 Å². The number of benzene rings is 3. The average Bonchev–Trinajstić information content (AvgIpc) is 3.04. The fourth-order valence-corrected chi connectivity index (χ4v) is 5.63. The maximum Gasteiger partial charge on any atom is 0.259 e. The number of aromatic amines is 1. The highest BCUT2D eigenvalue weighted by molar-refractivity contribution is 6.28. The van der Waals surface area contributed by atoms with Crippen molar-refractivity contribution < 1.29 is 9.47 Å². The molecule has 3 heterocycles. The van der Waals surface area contributed by atoms with E-state index in [2.05, 4.69) is 66.1 Å². The summed E-state index contributed by atoms with van der Waals surface area (Å²) in [6.07, 6.45) is 2.25. The minimum atomic E-state index is -0.196. The van der Waals surface area contributed by atoms with Gasteiger partial charge in [-0.25, -0.2) is 15.0 Å². The van der Waals surface area contributed by atoms with Gasteiger partial charge in [0.2, 0.25) is 5.28 Å². The van der Waals surface area contributed by atoms with E-state index in [4.69, 9.17) is 31.0 Å². The Balaban J connectivity index is 0.000000256. The summed E-state index contributed by atoms with van der Waals surface area (Å²) >= 11 is 5.63. The van der Waals surface area contributed by atoms with Crippen molar-refractivity contribution in [2.45, 2.75) is 53.5 Å². The van der Waals surface area contributed by atoms with Gasteiger partial charge in [-0.15, -0.1) is 0 Å². The van der Waals surface area contributed by atoms with E-state index in [1.165, 1.54) is 0 Å². The average molecular weight is 629 g/mol. The molecule has 0 aliphatic carbocycles. The van der Waals surface area contributed by atoms with Crippen LogP contribution >= 0.6 is 11.6 Å². The number of rotatable bonds is 9. The van der Waals surface area contributed by atoms with Crippen LogP contribution in [0.15, 0.2) is 59.4 Å². The Labute approximate surface area is 269 Å². The van der Waals surface area contributed by atoms with Crippen LogP contribution in [0.1, 0.15) is 44.7 Å². The summed E-state index contributed by atoms with van der Waals surface area (Å²) in [4.78, 5) is 30.2. The molecule has 9 nitrogen and oxygen atoms in total. The lowest BCUT2D eigenvalue weighted by atomic mass is 10.1. The van der Waals surface area contributed by atoms with Crippen molar-refractivity contribution >= 4 is 39.2 Å². The smallest absolute Gasteiger partial charge is 0.259 e. The normalized spacial score (nSPS) is 13.0. The molecule has 0 spiro atoms. The van der Waals surface area contributed by atoms with Crippen LogP contribution in [0.25, 0.3) is 33.2 Å². The van der Waals surface area contributed by atoms with E-state index in [1.54, 1.807) is 6.07 Å². The van der Waals surface area contributed by atoms with Crippen molar-refractivity contribution in [3.05, 3.63) is 81.4 Å². The topological polar surface area (TPSA) is 105 Å². The Morgan fingerprint density at radius 3 is 2.29 bits per heavy atom. The summed E-state index contributed by atoms with van der Waals surface area (Å²) in [7, 11) is 0. The molecular formula is C35H41ClN6O3. The SMILES string of the molecule is CCN(CC)CCCC(C)Nc1nc(-c2ccc3c(c2)OCCO3)nc2c(C)cccc12.Cc1cccc2c(=O)[nH]c(Cl)nc12. The van der Waals surface area contributed by atoms with Crippen LogP contribution in [0.2, 0.25) is 5.28 Å². The lowest BCUT2D eigenvalue weighted by Crippen LogP contribution is -2.25. The minimum absolute atomic E-state index is 0.131. The fourth-order valence-electron chi connectivity index (χ4n) is 5.46. The zero-order valence-corrected chi connectivity index (χ0v) is 27.4. The molecule has 2 aromatic heterocycles. The first-order valence-corrected chi connectivity index (χ1v) is 16.0. The first-order valence-electron chi connectivity index (χ1n) is 15.6. The number of anilines is 1. The van der Waals surface area contributed by atoms with Gasteiger partial charge >= 0.3 is 0 Å². The molecule has 0 amide bonds. The van der Waals surface area contributed by atoms with Crippen LogP contribution in [-0.2, 0) is 0 Å². The van der Waals surface area contributed by atoms with E-state index in [1.807, 2.05) is 37.3 Å². The van der Waals surface area contributed by atoms with Gasteiger partial charge < -0.3 is 19.7 Å². The van der Waals surface area contributed by atoms with Crippen molar-refractivity contribution in [1.29, 1.82) is 0 Å². The molecule has 6 rings (SSSR count). The lowest BCUT2D eigenvalue weighted by molar-refractivity contribution is 0.171. The Hall–Kier alpha value is -4.21. The molecule has 0 radical (unpaired) electrons. The third-order valence-electron chi connectivity index (χ3n) is 8.03. The van der Waals surface area contributed by atoms with Crippen LogP contribution in [-0.4, -0.2) is 63.7 Å². The molecule has 1 unspecified atom stereocenters. The van der Waals surface area contributed by atoms with E-state index in [-0.39, 0.29) is 10.8 Å². The molecule has 1 aliphatic rings. The lowest BCUT2D eigenvalue weighted by Gasteiger charge is -2.21. The molecule has 3 aromatic carbocycles. The second-order valence-electron chi connectivity index (χ2n) is 11.3. The number of aryl methyl sites for hydroxylation is 2. The first kappa shape index (κ1) is 32.2. The van der Waals surface area contributed by atoms with E-state index < -0.39 is 0 Å². The van der Waals surface area contributed by atoms with Crippen molar-refractivity contribution in [2.75, 3.05) is 38.2 Å². The van der Waals surface area contributed by atoms with Crippen molar-refractivity contribution in [3.8, 4) is 22.9 Å². The molecule has 0 bridgehead atoms. The predicted molar refractivity (Wildman–Crippen MR) is 183 cm³/mol. The summed E-state index contributed by atoms with van der Waals surface area (Å²) in [6.45, 7) is 15.1. The molecule has 0 fully saturated rings. The third-order valence-corrected chi connectivity index (χ3v) is 8.21. The highest BCUT2D eigenvalue weighted by Gasteiger charge is 2.17. The highest BCUT2D eigenvalue weighted by Crippen LogP contribution is 2.35. The summed E-state index contributed by atoms with van der Waals surface area (Å²) in [5, 5.41) is 5.43. The second-order valence-corrected chi connectivity index (χ2v) is 11.6. The second kappa shape index (κ2) is 14.7. The predicted octanol–water partition coefficient (Wildman–Crippen LogP) is 7.18. The molecule has 236 valence electrons. The number of nitrogens with zero attached hydrogens (tertiary/aromatic N) is 4. The molecule has 10 heteroatoms. The van der Waals surface area contributed by atoms with Crippen molar-refractivity contribution in [3.63, 3.8) is 0 Å². The van der Waals surface area contributed by atoms with Gasteiger partial charge in [0.05, 0.1) is 16.4 Å². The molecular weight excluding hydrogens is 588 g/mol. The zero-order valence-electron chi connectivity index (χ0n) is 26.6. The Morgan fingerprint density at radius 2 is 1.58 bits per heavy atom. The Morgan fingerprint density at radius 1 is 0.911 bits per heavy atom. The number of nitrogens with one attached hydrogen (secondary N) is 2. The molecule has 0 saturated heterocycles. The molecule has 5 aromatic rings. The molecule has 1 aliphatic heterocycles. The van der Waals surface area contributed by atoms with E-state index in [0.29, 0.717) is 36.0 Å². The Kier molecular flexibility index (Phi) is 10.5. The number of aromatic nitrogens is 4. The van der Waals surface area contributed by atoms with Crippen molar-refractivity contribution in [2.24, 2.45) is 0 Å². The van der Waals surface area contributed by atoms with Gasteiger partial charge in [-0.1, -0.05) is 38.1 Å². The van der Waals surface area contributed by atoms with Crippen LogP contribution in [0.3, 0.4) is 0 Å². The van der Waals surface area contributed by atoms with E-state index >= 15 is 0 Å². The standard InChI is InChI=1S/C26H34N4O2.C9H7ClN2O/c1-5-30(6-2)14-8-10-19(4)27-26-21-11-7-9-18(3)24(21)28-25(29-26)20-12-13-22-23(17-20)32-16-15-31-22;1-5-3-2-4-6-7(5)11-9(10)12-8(6)13/h7,9,11-13,17,19H,5-6,8,10,14-16H2,1-4H3,(H,27,28,29);2-4H,1H3,(H,11,12,13).